The van der Waals surface area contributed by atoms with Crippen LogP contribution in [0.2, 0.25) is 0 Å². The minimum atomic E-state index is -0.0375. The minimum Gasteiger partial charge on any atom is -0.395 e. The minimum absolute atomic E-state index is 0.0375. The van der Waals surface area contributed by atoms with E-state index in [1.807, 2.05) is 0 Å². The normalized spacial score (nSPS) is 25.9. The summed E-state index contributed by atoms with van der Waals surface area (Å²) in [4.78, 5) is 5.07. The molecule has 1 saturated heterocycles. The van der Waals surface area contributed by atoms with Crippen LogP contribution in [0.3, 0.4) is 0 Å². The lowest BCUT2D eigenvalue weighted by Gasteiger charge is -2.35. The van der Waals surface area contributed by atoms with Crippen LogP contribution in [-0.2, 0) is 0 Å². The van der Waals surface area contributed by atoms with Crippen LogP contribution in [0.5, 0.6) is 0 Å². The van der Waals surface area contributed by atoms with Gasteiger partial charge in [0.1, 0.15) is 0 Å². The maximum atomic E-state index is 8.86. The molecule has 0 spiro atoms. The highest BCUT2D eigenvalue weighted by molar-refractivity contribution is 4.80. The first-order valence-corrected chi connectivity index (χ1v) is 6.59. The Labute approximate surface area is 98.4 Å². The number of nitrogens with zero attached hydrogens (tertiary/aromatic N) is 2. The van der Waals surface area contributed by atoms with Gasteiger partial charge in [-0.05, 0) is 31.7 Å². The van der Waals surface area contributed by atoms with Gasteiger partial charge in [0, 0.05) is 38.8 Å². The van der Waals surface area contributed by atoms with E-state index in [2.05, 4.69) is 9.80 Å². The maximum absolute atomic E-state index is 8.86. The lowest BCUT2D eigenvalue weighted by molar-refractivity contribution is 0.122. The zero-order valence-electron chi connectivity index (χ0n) is 10.1. The predicted molar refractivity (Wildman–Crippen MR) is 65.3 cm³/mol. The first kappa shape index (κ1) is 12.3. The molecule has 1 aliphatic heterocycles. The van der Waals surface area contributed by atoms with Gasteiger partial charge in [-0.3, -0.25) is 0 Å². The molecule has 16 heavy (non-hydrogen) atoms. The summed E-state index contributed by atoms with van der Waals surface area (Å²) in [7, 11) is 0. The Kier molecular flexibility index (Phi) is 4.58. The highest BCUT2D eigenvalue weighted by Gasteiger charge is 2.26. The SMILES string of the molecule is NC(CO)CCN1CCN(CC2CC2)CC1. The Bertz CT molecular complexity index is 200. The van der Waals surface area contributed by atoms with Crippen LogP contribution in [0, 0.1) is 5.92 Å². The third-order valence-corrected chi connectivity index (χ3v) is 3.73. The molecule has 1 saturated carbocycles. The van der Waals surface area contributed by atoms with Gasteiger partial charge in [0.05, 0.1) is 6.61 Å². The molecule has 1 heterocycles. The summed E-state index contributed by atoms with van der Waals surface area (Å²) in [6.07, 6.45) is 3.82. The van der Waals surface area contributed by atoms with Crippen molar-refractivity contribution in [1.29, 1.82) is 0 Å². The Morgan fingerprint density at radius 3 is 2.31 bits per heavy atom. The summed E-state index contributed by atoms with van der Waals surface area (Å²) in [5.41, 5.74) is 5.70. The first-order valence-electron chi connectivity index (χ1n) is 6.59. The van der Waals surface area contributed by atoms with Crippen molar-refractivity contribution in [2.24, 2.45) is 11.7 Å². The molecule has 1 aliphatic carbocycles. The number of piperazine rings is 1. The Morgan fingerprint density at radius 1 is 1.12 bits per heavy atom. The fraction of sp³-hybridized carbons (Fsp3) is 1.00. The number of aliphatic hydroxyl groups excluding tert-OH is 1. The number of aliphatic hydroxyl groups is 1. The highest BCUT2D eigenvalue weighted by atomic mass is 16.3. The first-order chi connectivity index (χ1) is 7.78. The number of rotatable bonds is 6. The summed E-state index contributed by atoms with van der Waals surface area (Å²) in [5, 5.41) is 8.86. The fourth-order valence-corrected chi connectivity index (χ4v) is 2.30. The molecule has 0 aromatic carbocycles. The molecule has 1 atom stereocenters. The summed E-state index contributed by atoms with van der Waals surface area (Å²) in [6, 6.07) is -0.0375. The molecule has 2 fully saturated rings. The third-order valence-electron chi connectivity index (χ3n) is 3.73. The smallest absolute Gasteiger partial charge is 0.0583 e. The summed E-state index contributed by atoms with van der Waals surface area (Å²) in [6.45, 7) is 7.25. The monoisotopic (exact) mass is 227 g/mol. The molecule has 4 nitrogen and oxygen atoms in total. The molecule has 0 radical (unpaired) electrons. The molecule has 4 heteroatoms. The number of hydrogen-bond donors (Lipinski definition) is 2. The van der Waals surface area contributed by atoms with Gasteiger partial charge in [-0.25, -0.2) is 0 Å². The van der Waals surface area contributed by atoms with Gasteiger partial charge in [0.2, 0.25) is 0 Å². The standard InChI is InChI=1S/C12H25N3O/c13-12(10-16)3-4-14-5-7-15(8-6-14)9-11-1-2-11/h11-12,16H,1-10,13H2. The van der Waals surface area contributed by atoms with E-state index in [1.165, 1.54) is 45.6 Å². The Hall–Kier alpha value is -0.160. The second-order valence-electron chi connectivity index (χ2n) is 5.32. The van der Waals surface area contributed by atoms with E-state index < -0.39 is 0 Å². The van der Waals surface area contributed by atoms with Crippen LogP contribution in [-0.4, -0.2) is 66.8 Å². The van der Waals surface area contributed by atoms with Crippen molar-refractivity contribution in [3.8, 4) is 0 Å². The van der Waals surface area contributed by atoms with Crippen LogP contribution in [0.25, 0.3) is 0 Å². The van der Waals surface area contributed by atoms with Crippen LogP contribution in [0.15, 0.2) is 0 Å². The van der Waals surface area contributed by atoms with E-state index in [0.717, 1.165) is 18.9 Å². The molecule has 0 bridgehead atoms. The van der Waals surface area contributed by atoms with Crippen LogP contribution in [0.4, 0.5) is 0 Å². The van der Waals surface area contributed by atoms with Crippen molar-refractivity contribution < 1.29 is 5.11 Å². The second kappa shape index (κ2) is 5.96. The van der Waals surface area contributed by atoms with Gasteiger partial charge in [-0.1, -0.05) is 0 Å². The third kappa shape index (κ3) is 4.01. The maximum Gasteiger partial charge on any atom is 0.0583 e. The lowest BCUT2D eigenvalue weighted by atomic mass is 10.2. The Balaban J connectivity index is 1.57. The van der Waals surface area contributed by atoms with Crippen molar-refractivity contribution in [3.63, 3.8) is 0 Å². The van der Waals surface area contributed by atoms with Crippen molar-refractivity contribution in [3.05, 3.63) is 0 Å². The summed E-state index contributed by atoms with van der Waals surface area (Å²) < 4.78 is 0. The molecule has 0 amide bonds. The molecule has 0 aromatic heterocycles. The molecule has 0 aromatic rings. The van der Waals surface area contributed by atoms with E-state index in [4.69, 9.17) is 10.8 Å². The molecule has 3 N–H and O–H groups in total. The van der Waals surface area contributed by atoms with Crippen molar-refractivity contribution in [2.75, 3.05) is 45.9 Å². The molecule has 2 aliphatic rings. The molecule has 94 valence electrons. The molecule has 1 unspecified atom stereocenters. The summed E-state index contributed by atoms with van der Waals surface area (Å²) in [5.74, 6) is 1.01. The van der Waals surface area contributed by atoms with E-state index >= 15 is 0 Å². The van der Waals surface area contributed by atoms with Gasteiger partial charge in [0.25, 0.3) is 0 Å². The van der Waals surface area contributed by atoms with Gasteiger partial charge in [-0.2, -0.15) is 0 Å². The largest absolute Gasteiger partial charge is 0.395 e. The van der Waals surface area contributed by atoms with Crippen LogP contribution >= 0.6 is 0 Å². The Morgan fingerprint density at radius 2 is 1.75 bits per heavy atom. The van der Waals surface area contributed by atoms with Gasteiger partial charge >= 0.3 is 0 Å². The van der Waals surface area contributed by atoms with E-state index in [9.17, 15) is 0 Å². The van der Waals surface area contributed by atoms with Gasteiger partial charge < -0.3 is 20.6 Å². The zero-order valence-corrected chi connectivity index (χ0v) is 10.1. The van der Waals surface area contributed by atoms with Crippen molar-refractivity contribution in [1.82, 2.24) is 9.80 Å². The quantitative estimate of drug-likeness (QED) is 0.655. The fourth-order valence-electron chi connectivity index (χ4n) is 2.30. The molecular formula is C12H25N3O. The van der Waals surface area contributed by atoms with Crippen molar-refractivity contribution in [2.45, 2.75) is 25.3 Å². The number of hydrogen-bond acceptors (Lipinski definition) is 4. The van der Waals surface area contributed by atoms with Crippen molar-refractivity contribution >= 4 is 0 Å². The average Bonchev–Trinajstić information content (AvgIpc) is 3.11. The number of nitrogens with two attached hydrogens (primary N) is 1. The molecular weight excluding hydrogens is 202 g/mol. The molecule has 2 rings (SSSR count). The topological polar surface area (TPSA) is 52.7 Å². The highest BCUT2D eigenvalue weighted by Crippen LogP contribution is 2.29. The lowest BCUT2D eigenvalue weighted by Crippen LogP contribution is -2.47. The van der Waals surface area contributed by atoms with E-state index in [1.54, 1.807) is 0 Å². The summed E-state index contributed by atoms with van der Waals surface area (Å²) >= 11 is 0. The van der Waals surface area contributed by atoms with Crippen LogP contribution < -0.4 is 5.73 Å². The zero-order chi connectivity index (χ0) is 11.4. The van der Waals surface area contributed by atoms with E-state index in [0.29, 0.717) is 0 Å². The average molecular weight is 227 g/mol. The predicted octanol–water partition coefficient (Wildman–Crippen LogP) is -0.276. The van der Waals surface area contributed by atoms with Gasteiger partial charge in [0.15, 0.2) is 0 Å². The van der Waals surface area contributed by atoms with Gasteiger partial charge in [-0.15, -0.1) is 0 Å². The second-order valence-corrected chi connectivity index (χ2v) is 5.32. The van der Waals surface area contributed by atoms with Crippen LogP contribution in [0.1, 0.15) is 19.3 Å². The van der Waals surface area contributed by atoms with E-state index in [-0.39, 0.29) is 12.6 Å².